The molecule has 1 N–H and O–H groups in total. The van der Waals surface area contributed by atoms with Crippen molar-refractivity contribution in [1.29, 1.82) is 0 Å². The van der Waals surface area contributed by atoms with Gasteiger partial charge < -0.3 is 9.88 Å². The fourth-order valence-electron chi connectivity index (χ4n) is 3.15. The summed E-state index contributed by atoms with van der Waals surface area (Å²) in [4.78, 5) is 23.8. The van der Waals surface area contributed by atoms with Crippen LogP contribution in [0, 0.1) is 5.41 Å². The van der Waals surface area contributed by atoms with Crippen LogP contribution in [0.4, 0.5) is 0 Å². The molecule has 0 unspecified atom stereocenters. The van der Waals surface area contributed by atoms with Gasteiger partial charge in [-0.2, -0.15) is 0 Å². The predicted octanol–water partition coefficient (Wildman–Crippen LogP) is 2.70. The van der Waals surface area contributed by atoms with E-state index in [0.717, 1.165) is 43.5 Å². The normalized spacial score (nSPS) is 20.2. The molecule has 2 aliphatic carbocycles. The molecule has 0 radical (unpaired) electrons. The van der Waals surface area contributed by atoms with E-state index in [2.05, 4.69) is 23.7 Å². The molecular weight excluding hydrogens is 264 g/mol. The van der Waals surface area contributed by atoms with Crippen molar-refractivity contribution in [2.75, 3.05) is 0 Å². The lowest BCUT2D eigenvalue weighted by atomic mass is 9.76. The van der Waals surface area contributed by atoms with E-state index in [1.54, 1.807) is 0 Å². The van der Waals surface area contributed by atoms with Gasteiger partial charge in [-0.3, -0.25) is 9.59 Å². The van der Waals surface area contributed by atoms with E-state index in [4.69, 9.17) is 0 Å². The average molecular weight is 288 g/mol. The molecule has 1 aromatic heterocycles. The fourth-order valence-corrected chi connectivity index (χ4v) is 3.15. The van der Waals surface area contributed by atoms with Crippen LogP contribution < -0.4 is 5.32 Å². The van der Waals surface area contributed by atoms with Gasteiger partial charge in [-0.05, 0) is 37.2 Å². The summed E-state index contributed by atoms with van der Waals surface area (Å²) in [5.74, 6) is 0.418. The predicted molar refractivity (Wildman–Crippen MR) is 81.3 cm³/mol. The van der Waals surface area contributed by atoms with Gasteiger partial charge in [0.15, 0.2) is 5.78 Å². The number of amides is 1. The van der Waals surface area contributed by atoms with Crippen LogP contribution in [0.1, 0.15) is 62.0 Å². The zero-order valence-electron chi connectivity index (χ0n) is 12.9. The Bertz CT molecular complexity index is 567. The van der Waals surface area contributed by atoms with Gasteiger partial charge in [-0.25, -0.2) is 0 Å². The quantitative estimate of drug-likeness (QED) is 0.905. The molecule has 114 valence electrons. The highest BCUT2D eigenvalue weighted by atomic mass is 16.1. The highest BCUT2D eigenvalue weighted by Crippen LogP contribution is 2.35. The molecule has 0 atom stereocenters. The molecule has 0 aromatic carbocycles. The number of rotatable bonds is 5. The first-order chi connectivity index (χ1) is 9.94. The zero-order chi connectivity index (χ0) is 15.0. The number of ketones is 1. The SMILES string of the molecule is CC1(C)CC(=O)c2ccn(CCCC(=O)NC3CC3)c2C1. The van der Waals surface area contributed by atoms with E-state index in [-0.39, 0.29) is 17.1 Å². The molecule has 0 spiro atoms. The van der Waals surface area contributed by atoms with E-state index < -0.39 is 0 Å². The van der Waals surface area contributed by atoms with Crippen molar-refractivity contribution < 1.29 is 9.59 Å². The molecule has 2 aliphatic rings. The van der Waals surface area contributed by atoms with E-state index >= 15 is 0 Å². The molecule has 1 amide bonds. The highest BCUT2D eigenvalue weighted by Gasteiger charge is 2.32. The van der Waals surface area contributed by atoms with E-state index in [0.29, 0.717) is 18.9 Å². The first-order valence-electron chi connectivity index (χ1n) is 7.95. The van der Waals surface area contributed by atoms with Crippen molar-refractivity contribution in [2.45, 2.75) is 65.0 Å². The number of carbonyl (C=O) groups excluding carboxylic acids is 2. The summed E-state index contributed by atoms with van der Waals surface area (Å²) in [7, 11) is 0. The lowest BCUT2D eigenvalue weighted by molar-refractivity contribution is -0.121. The average Bonchev–Trinajstić information content (AvgIpc) is 3.09. The van der Waals surface area contributed by atoms with Gasteiger partial charge in [0.1, 0.15) is 0 Å². The molecule has 4 heteroatoms. The van der Waals surface area contributed by atoms with Crippen molar-refractivity contribution >= 4 is 11.7 Å². The Kier molecular flexibility index (Phi) is 3.64. The number of fused-ring (bicyclic) bond motifs is 1. The minimum atomic E-state index is 0.0452. The molecule has 0 bridgehead atoms. The van der Waals surface area contributed by atoms with Crippen LogP contribution in [0.25, 0.3) is 0 Å². The number of hydrogen-bond donors (Lipinski definition) is 1. The van der Waals surface area contributed by atoms with Gasteiger partial charge in [-0.15, -0.1) is 0 Å². The minimum absolute atomic E-state index is 0.0452. The maximum atomic E-state index is 12.1. The number of hydrogen-bond acceptors (Lipinski definition) is 2. The monoisotopic (exact) mass is 288 g/mol. The number of aryl methyl sites for hydroxylation is 1. The van der Waals surface area contributed by atoms with Crippen LogP contribution in [0.15, 0.2) is 12.3 Å². The number of nitrogens with zero attached hydrogens (tertiary/aromatic N) is 1. The molecule has 1 fully saturated rings. The van der Waals surface area contributed by atoms with Crippen LogP contribution in [-0.4, -0.2) is 22.3 Å². The largest absolute Gasteiger partial charge is 0.353 e. The number of Topliss-reactive ketones (excluding diaryl/α,β-unsaturated/α-hetero) is 1. The summed E-state index contributed by atoms with van der Waals surface area (Å²) in [5, 5.41) is 3.01. The highest BCUT2D eigenvalue weighted by molar-refractivity contribution is 5.98. The summed E-state index contributed by atoms with van der Waals surface area (Å²) in [6.45, 7) is 5.11. The van der Waals surface area contributed by atoms with Crippen LogP contribution in [0.5, 0.6) is 0 Å². The molecule has 0 aliphatic heterocycles. The van der Waals surface area contributed by atoms with E-state index in [1.165, 1.54) is 0 Å². The summed E-state index contributed by atoms with van der Waals surface area (Å²) < 4.78 is 2.17. The zero-order valence-corrected chi connectivity index (χ0v) is 12.9. The van der Waals surface area contributed by atoms with Gasteiger partial charge in [0, 0.05) is 42.9 Å². The van der Waals surface area contributed by atoms with Gasteiger partial charge in [0.05, 0.1) is 0 Å². The van der Waals surface area contributed by atoms with Gasteiger partial charge >= 0.3 is 0 Å². The van der Waals surface area contributed by atoms with Gasteiger partial charge in [0.2, 0.25) is 5.91 Å². The maximum Gasteiger partial charge on any atom is 0.220 e. The van der Waals surface area contributed by atoms with Gasteiger partial charge in [0.25, 0.3) is 0 Å². The summed E-state index contributed by atoms with van der Waals surface area (Å²) in [6, 6.07) is 2.38. The third kappa shape index (κ3) is 3.36. The van der Waals surface area contributed by atoms with Crippen LogP contribution >= 0.6 is 0 Å². The van der Waals surface area contributed by atoms with E-state index in [1.807, 2.05) is 12.3 Å². The summed E-state index contributed by atoms with van der Waals surface area (Å²) >= 11 is 0. The number of nitrogens with one attached hydrogen (secondary N) is 1. The second-order valence-electron chi connectivity index (χ2n) is 7.26. The van der Waals surface area contributed by atoms with Crippen molar-refractivity contribution in [3.05, 3.63) is 23.5 Å². The first-order valence-corrected chi connectivity index (χ1v) is 7.95. The Balaban J connectivity index is 1.59. The van der Waals surface area contributed by atoms with Gasteiger partial charge in [-0.1, -0.05) is 13.8 Å². The lowest BCUT2D eigenvalue weighted by Gasteiger charge is -2.29. The molecule has 1 aromatic rings. The molecule has 21 heavy (non-hydrogen) atoms. The van der Waals surface area contributed by atoms with Crippen molar-refractivity contribution in [2.24, 2.45) is 5.41 Å². The summed E-state index contributed by atoms with van der Waals surface area (Å²) in [5.41, 5.74) is 2.08. The molecule has 3 rings (SSSR count). The third-order valence-corrected chi connectivity index (χ3v) is 4.41. The maximum absolute atomic E-state index is 12.1. The Morgan fingerprint density at radius 3 is 2.86 bits per heavy atom. The summed E-state index contributed by atoms with van der Waals surface area (Å²) in [6.07, 6.45) is 7.24. The first kappa shape index (κ1) is 14.4. The lowest BCUT2D eigenvalue weighted by Crippen LogP contribution is -2.28. The fraction of sp³-hybridized carbons (Fsp3) is 0.647. The van der Waals surface area contributed by atoms with Crippen molar-refractivity contribution in [3.63, 3.8) is 0 Å². The Hall–Kier alpha value is -1.58. The van der Waals surface area contributed by atoms with Crippen LogP contribution in [0.2, 0.25) is 0 Å². The smallest absolute Gasteiger partial charge is 0.220 e. The number of carbonyl (C=O) groups is 2. The molecule has 1 heterocycles. The standard InChI is InChI=1S/C17H24N2O2/c1-17(2)10-14-13(15(20)11-17)7-9-19(14)8-3-4-16(21)18-12-5-6-12/h7,9,12H,3-6,8,10-11H2,1-2H3,(H,18,21). The second kappa shape index (κ2) is 5.32. The van der Waals surface area contributed by atoms with Crippen molar-refractivity contribution in [1.82, 2.24) is 9.88 Å². The molecule has 0 saturated heterocycles. The minimum Gasteiger partial charge on any atom is -0.353 e. The molecule has 1 saturated carbocycles. The Morgan fingerprint density at radius 2 is 2.14 bits per heavy atom. The van der Waals surface area contributed by atoms with Crippen molar-refractivity contribution in [3.8, 4) is 0 Å². The Labute approximate surface area is 125 Å². The molecular formula is C17H24N2O2. The van der Waals surface area contributed by atoms with Crippen LogP contribution in [-0.2, 0) is 17.8 Å². The topological polar surface area (TPSA) is 51.1 Å². The molecule has 4 nitrogen and oxygen atoms in total. The van der Waals surface area contributed by atoms with Crippen LogP contribution in [0.3, 0.4) is 0 Å². The number of aromatic nitrogens is 1. The third-order valence-electron chi connectivity index (χ3n) is 4.41. The second-order valence-corrected chi connectivity index (χ2v) is 7.26. The Morgan fingerprint density at radius 1 is 1.38 bits per heavy atom. The van der Waals surface area contributed by atoms with E-state index in [9.17, 15) is 9.59 Å².